The summed E-state index contributed by atoms with van der Waals surface area (Å²) in [4.78, 5) is 52.6. The van der Waals surface area contributed by atoms with Crippen LogP contribution in [0, 0.1) is 56.2 Å². The van der Waals surface area contributed by atoms with E-state index in [1.807, 2.05) is 24.3 Å². The smallest absolute Gasteiger partial charge is 0.309 e. The minimum absolute atomic E-state index is 0.00981. The number of benzene rings is 1. The third-order valence-corrected chi connectivity index (χ3v) is 17.1. The Kier molecular flexibility index (Phi) is 9.75. The zero-order valence-corrected chi connectivity index (χ0v) is 35.5. The molecule has 0 aliphatic heterocycles. The summed E-state index contributed by atoms with van der Waals surface area (Å²) in [5.41, 5.74) is 1.24. The third kappa shape index (κ3) is 6.27. The van der Waals surface area contributed by atoms with E-state index in [-0.39, 0.29) is 63.2 Å². The van der Waals surface area contributed by atoms with E-state index in [1.165, 1.54) is 5.57 Å². The van der Waals surface area contributed by atoms with Crippen LogP contribution in [0.2, 0.25) is 5.02 Å². The van der Waals surface area contributed by atoms with E-state index in [1.54, 1.807) is 19.9 Å². The molecule has 0 saturated heterocycles. The average molecular weight is 774 g/mol. The minimum atomic E-state index is -1.17. The van der Waals surface area contributed by atoms with Gasteiger partial charge in [-0.3, -0.25) is 19.2 Å². The van der Waals surface area contributed by atoms with Gasteiger partial charge in [-0.2, -0.15) is 0 Å². The molecule has 0 bridgehead atoms. The number of hydrogen-bond donors (Lipinski definition) is 2. The van der Waals surface area contributed by atoms with Crippen molar-refractivity contribution >= 4 is 35.2 Å². The maximum atomic E-state index is 14.1. The molecule has 7 nitrogen and oxygen atoms in total. The first-order chi connectivity index (χ1) is 25.6. The number of carbonyl (C=O) groups is 4. The highest BCUT2D eigenvalue weighted by atomic mass is 35.5. The van der Waals surface area contributed by atoms with Crippen LogP contribution in [0.25, 0.3) is 0 Å². The number of carboxylic acid groups (broad SMARTS) is 1. The van der Waals surface area contributed by atoms with Crippen molar-refractivity contribution in [2.45, 2.75) is 151 Å². The molecule has 8 heteroatoms. The fourth-order valence-corrected chi connectivity index (χ4v) is 13.8. The minimum Gasteiger partial charge on any atom is -0.481 e. The Bertz CT molecular complexity index is 1850. The molecule has 6 aliphatic rings. The Balaban J connectivity index is 1.15. The summed E-state index contributed by atoms with van der Waals surface area (Å²) in [6.45, 7) is 19.6. The number of halogens is 1. The molecule has 1 amide bonds. The van der Waals surface area contributed by atoms with Crippen molar-refractivity contribution < 1.29 is 29.0 Å². The van der Waals surface area contributed by atoms with Crippen LogP contribution >= 0.6 is 11.6 Å². The number of carbonyl (C=O) groups excluding carboxylic acids is 3. The van der Waals surface area contributed by atoms with Crippen molar-refractivity contribution in [3.05, 3.63) is 58.1 Å². The van der Waals surface area contributed by atoms with Crippen LogP contribution in [0.15, 0.2) is 47.6 Å². The van der Waals surface area contributed by atoms with Gasteiger partial charge in [0.1, 0.15) is 6.10 Å². The third-order valence-electron chi connectivity index (χ3n) is 16.9. The molecular formula is C47H64ClNO6. The number of amides is 1. The Labute approximate surface area is 333 Å². The van der Waals surface area contributed by atoms with Gasteiger partial charge in [-0.15, -0.1) is 0 Å². The molecule has 2 N–H and O–H groups in total. The lowest BCUT2D eigenvalue weighted by Gasteiger charge is -2.72. The second-order valence-electron chi connectivity index (χ2n) is 21.0. The van der Waals surface area contributed by atoms with Crippen molar-refractivity contribution in [1.82, 2.24) is 5.32 Å². The molecule has 8 unspecified atom stereocenters. The first-order valence-electron chi connectivity index (χ1n) is 21.0. The lowest BCUT2D eigenvalue weighted by molar-refractivity contribution is -0.232. The van der Waals surface area contributed by atoms with Crippen molar-refractivity contribution in [3.8, 4) is 0 Å². The van der Waals surface area contributed by atoms with Crippen molar-refractivity contribution in [2.24, 2.45) is 56.2 Å². The van der Waals surface area contributed by atoms with Gasteiger partial charge in [-0.1, -0.05) is 78.3 Å². The number of carboxylic acids is 1. The highest BCUT2D eigenvalue weighted by Gasteiger charge is 2.70. The fourth-order valence-electron chi connectivity index (χ4n) is 13.6. The molecule has 0 heterocycles. The van der Waals surface area contributed by atoms with E-state index in [9.17, 15) is 24.3 Å². The normalized spacial score (nSPS) is 37.5. The van der Waals surface area contributed by atoms with Crippen molar-refractivity contribution in [3.63, 3.8) is 0 Å². The van der Waals surface area contributed by atoms with Gasteiger partial charge in [0.25, 0.3) is 0 Å². The van der Waals surface area contributed by atoms with Gasteiger partial charge in [0, 0.05) is 22.3 Å². The first-order valence-corrected chi connectivity index (χ1v) is 21.4. The SMILES string of the molecule is CC(C)C1=C2C3CCC4C5(C)CCC(OC(=O)CC(C)(C)C(=O)O)C(C)(C)C5CCC4(C)C3(C)CCC2(C=CC(=O)NC2(c3cccc(Cl)c3)CC2)CC1=O. The Hall–Kier alpha value is -2.93. The number of ether oxygens (including phenoxy) is 1. The Morgan fingerprint density at radius 1 is 0.945 bits per heavy atom. The number of nitrogens with one attached hydrogen (secondary N) is 1. The van der Waals surface area contributed by atoms with Gasteiger partial charge >= 0.3 is 11.9 Å². The van der Waals surface area contributed by atoms with E-state index >= 15 is 0 Å². The van der Waals surface area contributed by atoms with Gasteiger partial charge < -0.3 is 15.2 Å². The predicted molar refractivity (Wildman–Crippen MR) is 215 cm³/mol. The lowest BCUT2D eigenvalue weighted by atomic mass is 9.33. The molecule has 0 spiro atoms. The largest absolute Gasteiger partial charge is 0.481 e. The maximum absolute atomic E-state index is 14.1. The van der Waals surface area contributed by atoms with Crippen molar-refractivity contribution in [1.29, 1.82) is 0 Å². The molecule has 1 aromatic rings. The number of esters is 1. The van der Waals surface area contributed by atoms with Crippen LogP contribution in [0.4, 0.5) is 0 Å². The van der Waals surface area contributed by atoms with Crippen LogP contribution in [0.1, 0.15) is 145 Å². The number of rotatable bonds is 9. The van der Waals surface area contributed by atoms with Crippen LogP contribution in [-0.2, 0) is 29.5 Å². The highest BCUT2D eigenvalue weighted by molar-refractivity contribution is 6.30. The second-order valence-corrected chi connectivity index (χ2v) is 21.4. The highest BCUT2D eigenvalue weighted by Crippen LogP contribution is 2.77. The topological polar surface area (TPSA) is 110 Å². The van der Waals surface area contributed by atoms with Gasteiger partial charge in [0.05, 0.1) is 17.4 Å². The number of hydrogen-bond acceptors (Lipinski definition) is 5. The second kappa shape index (κ2) is 13.3. The Morgan fingerprint density at radius 2 is 1.65 bits per heavy atom. The molecule has 5 saturated carbocycles. The molecule has 5 fully saturated rings. The molecule has 300 valence electrons. The zero-order chi connectivity index (χ0) is 40.1. The quantitative estimate of drug-likeness (QED) is 0.191. The number of ketones is 1. The van der Waals surface area contributed by atoms with Crippen LogP contribution in [0.3, 0.4) is 0 Å². The number of aliphatic carboxylic acids is 1. The van der Waals surface area contributed by atoms with Crippen LogP contribution in [-0.4, -0.2) is 34.8 Å². The summed E-state index contributed by atoms with van der Waals surface area (Å²) >= 11 is 6.32. The molecule has 7 rings (SSSR count). The number of allylic oxidation sites excluding steroid dienone is 3. The van der Waals surface area contributed by atoms with E-state index in [0.29, 0.717) is 23.3 Å². The van der Waals surface area contributed by atoms with Gasteiger partial charge in [-0.05, 0) is 153 Å². The van der Waals surface area contributed by atoms with E-state index in [0.717, 1.165) is 75.3 Å². The summed E-state index contributed by atoms with van der Waals surface area (Å²) in [5, 5.41) is 13.6. The van der Waals surface area contributed by atoms with Gasteiger partial charge in [0.2, 0.25) is 5.91 Å². The standard InChI is InChI=1S/C47H64ClNO6/c1-28(2)38-32(50)26-46(20-17-36(51)49-47(23-24-47)29-11-10-12-30(48)25-29)22-21-44(8)31(39(38)46)13-14-34-43(7)18-16-35(55-37(52)27-41(3,4)40(53)54)42(5,6)33(43)15-19-45(34,44)9/h10-12,17,20,25,28,31,33-35H,13-16,18-19,21-24,26-27H2,1-9H3,(H,49,51)(H,53,54). The molecule has 8 atom stereocenters. The van der Waals surface area contributed by atoms with Crippen LogP contribution in [0.5, 0.6) is 0 Å². The molecule has 55 heavy (non-hydrogen) atoms. The zero-order valence-electron chi connectivity index (χ0n) is 34.7. The first kappa shape index (κ1) is 40.3. The van der Waals surface area contributed by atoms with Crippen molar-refractivity contribution in [2.75, 3.05) is 0 Å². The molecular weight excluding hydrogens is 710 g/mol. The number of Topliss-reactive ketones (excluding diaryl/α,β-unsaturated/α-hetero) is 1. The molecule has 0 aromatic heterocycles. The van der Waals surface area contributed by atoms with E-state index in [4.69, 9.17) is 16.3 Å². The number of fused-ring (bicyclic) bond motifs is 7. The van der Waals surface area contributed by atoms with Gasteiger partial charge in [-0.25, -0.2) is 0 Å². The average Bonchev–Trinajstić information content (AvgIpc) is 3.80. The molecule has 1 aromatic carbocycles. The van der Waals surface area contributed by atoms with Gasteiger partial charge in [0.15, 0.2) is 5.78 Å². The van der Waals surface area contributed by atoms with Crippen LogP contribution < -0.4 is 5.32 Å². The van der Waals surface area contributed by atoms with E-state index in [2.05, 4.69) is 59.9 Å². The fraction of sp³-hybridized carbons (Fsp3) is 0.702. The van der Waals surface area contributed by atoms with E-state index < -0.39 is 22.8 Å². The summed E-state index contributed by atoms with van der Waals surface area (Å²) in [6, 6.07) is 7.77. The summed E-state index contributed by atoms with van der Waals surface area (Å²) in [6.07, 6.45) is 13.5. The predicted octanol–water partition coefficient (Wildman–Crippen LogP) is 10.4. The Morgan fingerprint density at radius 3 is 2.29 bits per heavy atom. The maximum Gasteiger partial charge on any atom is 0.309 e. The monoisotopic (exact) mass is 773 g/mol. The molecule has 0 radical (unpaired) electrons. The summed E-state index contributed by atoms with van der Waals surface area (Å²) in [7, 11) is 0. The summed E-state index contributed by atoms with van der Waals surface area (Å²) in [5.74, 6) is -0.0463. The lowest BCUT2D eigenvalue weighted by Crippen LogP contribution is -2.65. The molecule has 6 aliphatic carbocycles. The summed E-state index contributed by atoms with van der Waals surface area (Å²) < 4.78 is 6.17.